The van der Waals surface area contributed by atoms with Gasteiger partial charge in [-0.15, -0.1) is 0 Å². The molecule has 0 spiro atoms. The molecule has 3 rings (SSSR count). The predicted molar refractivity (Wildman–Crippen MR) is 112 cm³/mol. The van der Waals surface area contributed by atoms with Gasteiger partial charge < -0.3 is 10.2 Å². The summed E-state index contributed by atoms with van der Waals surface area (Å²) in [7, 11) is 2.04. The maximum absolute atomic E-state index is 5.00. The highest BCUT2D eigenvalue weighted by molar-refractivity contribution is 5.80. The summed E-state index contributed by atoms with van der Waals surface area (Å²) in [6, 6.07) is 10.9. The number of aromatic nitrogens is 2. The largest absolute Gasteiger partial charge is 0.357 e. The molecule has 1 unspecified atom stereocenters. The fourth-order valence-electron chi connectivity index (χ4n) is 4.10. The summed E-state index contributed by atoms with van der Waals surface area (Å²) in [5, 5.41) is 8.18. The van der Waals surface area contributed by atoms with E-state index in [0.717, 1.165) is 38.4 Å². The van der Waals surface area contributed by atoms with Crippen LogP contribution in [0.25, 0.3) is 0 Å². The Balaban J connectivity index is 1.76. The smallest absolute Gasteiger partial charge is 0.194 e. The number of benzene rings is 1. The van der Waals surface area contributed by atoms with Crippen molar-refractivity contribution in [3.63, 3.8) is 0 Å². The molecule has 0 radical (unpaired) electrons. The van der Waals surface area contributed by atoms with E-state index in [9.17, 15) is 0 Å². The molecule has 0 saturated carbocycles. The standard InChI is InChI=1S/C22H33N5/c1-5-20-19(21(6-2)26(4)25-20)15-24-22(23-7-3)27-14-13-18(16-27)17-11-9-8-10-12-17/h8-12,18H,5-7,13-16H2,1-4H3,(H,23,24). The van der Waals surface area contributed by atoms with Crippen LogP contribution in [0.1, 0.15) is 55.6 Å². The van der Waals surface area contributed by atoms with E-state index in [1.54, 1.807) is 0 Å². The fraction of sp³-hybridized carbons (Fsp3) is 0.545. The van der Waals surface area contributed by atoms with Gasteiger partial charge in [0.1, 0.15) is 0 Å². The maximum atomic E-state index is 5.00. The van der Waals surface area contributed by atoms with Crippen LogP contribution in [-0.4, -0.2) is 40.3 Å². The number of nitrogens with zero attached hydrogens (tertiary/aromatic N) is 4. The predicted octanol–water partition coefficient (Wildman–Crippen LogP) is 3.50. The summed E-state index contributed by atoms with van der Waals surface area (Å²) >= 11 is 0. The zero-order chi connectivity index (χ0) is 19.2. The molecule has 27 heavy (non-hydrogen) atoms. The first-order valence-corrected chi connectivity index (χ1v) is 10.3. The van der Waals surface area contributed by atoms with Crippen LogP contribution in [-0.2, 0) is 26.4 Å². The van der Waals surface area contributed by atoms with Crippen LogP contribution in [0.3, 0.4) is 0 Å². The Morgan fingerprint density at radius 2 is 1.96 bits per heavy atom. The quantitative estimate of drug-likeness (QED) is 0.628. The molecular weight excluding hydrogens is 334 g/mol. The molecule has 1 aliphatic rings. The molecule has 0 amide bonds. The third-order valence-corrected chi connectivity index (χ3v) is 5.51. The van der Waals surface area contributed by atoms with E-state index in [1.807, 2.05) is 11.7 Å². The van der Waals surface area contributed by atoms with Crippen molar-refractivity contribution in [2.45, 2.75) is 52.5 Å². The second kappa shape index (κ2) is 9.07. The molecule has 1 aromatic heterocycles. The van der Waals surface area contributed by atoms with Gasteiger partial charge in [0.2, 0.25) is 0 Å². The lowest BCUT2D eigenvalue weighted by Gasteiger charge is -2.22. The van der Waals surface area contributed by atoms with Crippen molar-refractivity contribution in [3.05, 3.63) is 52.8 Å². The lowest BCUT2D eigenvalue weighted by molar-refractivity contribution is 0.486. The Hall–Kier alpha value is -2.30. The second-order valence-electron chi connectivity index (χ2n) is 7.22. The summed E-state index contributed by atoms with van der Waals surface area (Å²) in [5.74, 6) is 1.62. The van der Waals surface area contributed by atoms with Gasteiger partial charge in [-0.25, -0.2) is 4.99 Å². The molecule has 2 heterocycles. The lowest BCUT2D eigenvalue weighted by atomic mass is 9.99. The first-order chi connectivity index (χ1) is 13.2. The molecule has 1 atom stereocenters. The van der Waals surface area contributed by atoms with Crippen molar-refractivity contribution in [1.82, 2.24) is 20.0 Å². The monoisotopic (exact) mass is 367 g/mol. The Labute approximate surface area is 163 Å². The third kappa shape index (κ3) is 4.34. The molecule has 1 fully saturated rings. The van der Waals surface area contributed by atoms with E-state index in [1.165, 1.54) is 28.9 Å². The van der Waals surface area contributed by atoms with Gasteiger partial charge in [0.05, 0.1) is 12.2 Å². The molecule has 1 aromatic carbocycles. The number of aliphatic imine (C=N–C) groups is 1. The number of hydrogen-bond acceptors (Lipinski definition) is 2. The molecule has 146 valence electrons. The van der Waals surface area contributed by atoms with Crippen molar-refractivity contribution >= 4 is 5.96 Å². The average Bonchev–Trinajstić information content (AvgIpc) is 3.30. The maximum Gasteiger partial charge on any atom is 0.194 e. The average molecular weight is 368 g/mol. The first kappa shape index (κ1) is 19.5. The lowest BCUT2D eigenvalue weighted by Crippen LogP contribution is -2.40. The van der Waals surface area contributed by atoms with Gasteiger partial charge in [-0.2, -0.15) is 5.10 Å². The van der Waals surface area contributed by atoms with Crippen LogP contribution in [0, 0.1) is 0 Å². The number of likely N-dealkylation sites (tertiary alicyclic amines) is 1. The van der Waals surface area contributed by atoms with Gasteiger partial charge in [0, 0.05) is 43.9 Å². The summed E-state index contributed by atoms with van der Waals surface area (Å²) < 4.78 is 2.03. The normalized spacial score (nSPS) is 17.6. The minimum Gasteiger partial charge on any atom is -0.357 e. The van der Waals surface area contributed by atoms with Gasteiger partial charge in [-0.1, -0.05) is 44.2 Å². The highest BCUT2D eigenvalue weighted by Crippen LogP contribution is 2.27. The van der Waals surface area contributed by atoms with E-state index >= 15 is 0 Å². The van der Waals surface area contributed by atoms with E-state index < -0.39 is 0 Å². The number of aryl methyl sites for hydroxylation is 2. The van der Waals surface area contributed by atoms with E-state index in [4.69, 9.17) is 4.99 Å². The Kier molecular flexibility index (Phi) is 6.54. The van der Waals surface area contributed by atoms with Crippen LogP contribution in [0.15, 0.2) is 35.3 Å². The highest BCUT2D eigenvalue weighted by atomic mass is 15.3. The first-order valence-electron chi connectivity index (χ1n) is 10.3. The van der Waals surface area contributed by atoms with Crippen molar-refractivity contribution < 1.29 is 0 Å². The second-order valence-corrected chi connectivity index (χ2v) is 7.22. The molecule has 2 aromatic rings. The van der Waals surface area contributed by atoms with E-state index in [2.05, 4.69) is 66.4 Å². The van der Waals surface area contributed by atoms with Crippen LogP contribution >= 0.6 is 0 Å². The van der Waals surface area contributed by atoms with Gasteiger partial charge >= 0.3 is 0 Å². The number of rotatable bonds is 6. The molecule has 0 aliphatic carbocycles. The minimum absolute atomic E-state index is 0.589. The number of guanidine groups is 1. The molecule has 1 N–H and O–H groups in total. The van der Waals surface area contributed by atoms with Crippen molar-refractivity contribution in [2.75, 3.05) is 19.6 Å². The minimum atomic E-state index is 0.589. The van der Waals surface area contributed by atoms with Crippen LogP contribution in [0.5, 0.6) is 0 Å². The molecule has 1 saturated heterocycles. The van der Waals surface area contributed by atoms with Crippen LogP contribution < -0.4 is 5.32 Å². The van der Waals surface area contributed by atoms with Crippen molar-refractivity contribution in [1.29, 1.82) is 0 Å². The third-order valence-electron chi connectivity index (χ3n) is 5.51. The Morgan fingerprint density at radius 1 is 1.19 bits per heavy atom. The van der Waals surface area contributed by atoms with Gasteiger partial charge in [-0.05, 0) is 31.7 Å². The van der Waals surface area contributed by atoms with Gasteiger partial charge in [0.25, 0.3) is 0 Å². The summed E-state index contributed by atoms with van der Waals surface area (Å²) in [4.78, 5) is 7.41. The Bertz CT molecular complexity index is 763. The summed E-state index contributed by atoms with van der Waals surface area (Å²) in [6.07, 6.45) is 3.13. The number of hydrogen-bond donors (Lipinski definition) is 1. The SMILES string of the molecule is CCNC(=NCc1c(CC)nn(C)c1CC)N1CCC(c2ccccc2)C1. The Morgan fingerprint density at radius 3 is 2.63 bits per heavy atom. The summed E-state index contributed by atoms with van der Waals surface area (Å²) in [5.41, 5.74) is 5.22. The van der Waals surface area contributed by atoms with Gasteiger partial charge in [0.15, 0.2) is 5.96 Å². The fourth-order valence-corrected chi connectivity index (χ4v) is 4.10. The van der Waals surface area contributed by atoms with E-state index in [-0.39, 0.29) is 0 Å². The zero-order valence-corrected chi connectivity index (χ0v) is 17.2. The van der Waals surface area contributed by atoms with Crippen LogP contribution in [0.4, 0.5) is 0 Å². The van der Waals surface area contributed by atoms with Crippen molar-refractivity contribution in [3.8, 4) is 0 Å². The van der Waals surface area contributed by atoms with Gasteiger partial charge in [-0.3, -0.25) is 4.68 Å². The molecular formula is C22H33N5. The topological polar surface area (TPSA) is 45.5 Å². The molecule has 1 aliphatic heterocycles. The molecule has 0 bridgehead atoms. The van der Waals surface area contributed by atoms with Crippen molar-refractivity contribution in [2.24, 2.45) is 12.0 Å². The summed E-state index contributed by atoms with van der Waals surface area (Å²) in [6.45, 7) is 10.2. The zero-order valence-electron chi connectivity index (χ0n) is 17.2. The van der Waals surface area contributed by atoms with E-state index in [0.29, 0.717) is 12.5 Å². The van der Waals surface area contributed by atoms with Crippen LogP contribution in [0.2, 0.25) is 0 Å². The highest BCUT2D eigenvalue weighted by Gasteiger charge is 2.26. The number of nitrogens with one attached hydrogen (secondary N) is 1. The molecule has 5 heteroatoms. The molecule has 5 nitrogen and oxygen atoms in total.